The van der Waals surface area contributed by atoms with Gasteiger partial charge in [0.1, 0.15) is 5.75 Å². The van der Waals surface area contributed by atoms with E-state index in [-0.39, 0.29) is 11.5 Å². The molecule has 0 aliphatic rings. The third-order valence-corrected chi connectivity index (χ3v) is 2.91. The molecule has 0 fully saturated rings. The van der Waals surface area contributed by atoms with Crippen LogP contribution in [0, 0.1) is 0 Å². The molecule has 1 N–H and O–H groups in total. The largest absolute Gasteiger partial charge is 0.506 e. The van der Waals surface area contributed by atoms with E-state index in [2.05, 4.69) is 0 Å². The summed E-state index contributed by atoms with van der Waals surface area (Å²) in [4.78, 5) is 11.0. The van der Waals surface area contributed by atoms with Crippen LogP contribution in [0.2, 0.25) is 0 Å². The molecule has 0 aliphatic carbocycles. The number of aromatic hydroxyl groups is 1. The van der Waals surface area contributed by atoms with Crippen molar-refractivity contribution in [2.24, 2.45) is 0 Å². The first-order valence-corrected chi connectivity index (χ1v) is 4.77. The molecule has 0 atom stereocenters. The van der Waals surface area contributed by atoms with Crippen LogP contribution >= 0.6 is 11.3 Å². The van der Waals surface area contributed by atoms with Crippen molar-refractivity contribution in [3.05, 3.63) is 29.1 Å². The minimum absolute atomic E-state index is 0.0208. The molecule has 0 aliphatic heterocycles. The Kier molecular flexibility index (Phi) is 1.81. The Bertz CT molecular complexity index is 471. The number of carbonyl (C=O) groups is 1. The van der Waals surface area contributed by atoms with Crippen LogP contribution < -0.4 is 0 Å². The van der Waals surface area contributed by atoms with E-state index in [1.807, 2.05) is 6.07 Å². The number of hydrogen-bond donors (Lipinski definition) is 1. The summed E-state index contributed by atoms with van der Waals surface area (Å²) < 4.78 is 1.00. The maximum Gasteiger partial charge on any atom is 0.159 e. The van der Waals surface area contributed by atoms with Crippen LogP contribution in [-0.4, -0.2) is 10.9 Å². The smallest absolute Gasteiger partial charge is 0.159 e. The van der Waals surface area contributed by atoms with Crippen LogP contribution in [-0.2, 0) is 0 Å². The van der Waals surface area contributed by atoms with E-state index in [0.29, 0.717) is 5.56 Å². The topological polar surface area (TPSA) is 37.3 Å². The Labute approximate surface area is 79.4 Å². The normalized spacial score (nSPS) is 10.5. The summed E-state index contributed by atoms with van der Waals surface area (Å²) in [6.45, 7) is 1.52. The van der Waals surface area contributed by atoms with Crippen molar-refractivity contribution in [1.29, 1.82) is 0 Å². The van der Waals surface area contributed by atoms with Crippen LogP contribution in [0.3, 0.4) is 0 Å². The number of carbonyl (C=O) groups excluding carboxylic acids is 1. The molecule has 2 nitrogen and oxygen atoms in total. The molecular formula is C10H8O2S. The number of fused-ring (bicyclic) bond motifs is 1. The molecule has 0 saturated heterocycles. The van der Waals surface area contributed by atoms with Crippen molar-refractivity contribution < 1.29 is 9.90 Å². The predicted octanol–water partition coefficient (Wildman–Crippen LogP) is 2.81. The monoisotopic (exact) mass is 192 g/mol. The second kappa shape index (κ2) is 2.85. The van der Waals surface area contributed by atoms with Crippen molar-refractivity contribution in [2.75, 3.05) is 0 Å². The van der Waals surface area contributed by atoms with Gasteiger partial charge in [-0.05, 0) is 25.1 Å². The molecule has 0 amide bonds. The van der Waals surface area contributed by atoms with Gasteiger partial charge in [-0.15, -0.1) is 11.3 Å². The SMILES string of the molecule is CC(=O)c1ccc2scc(O)c2c1. The number of ketones is 1. The van der Waals surface area contributed by atoms with Gasteiger partial charge in [-0.25, -0.2) is 0 Å². The average molecular weight is 192 g/mol. The average Bonchev–Trinajstić information content (AvgIpc) is 2.47. The van der Waals surface area contributed by atoms with Gasteiger partial charge >= 0.3 is 0 Å². The van der Waals surface area contributed by atoms with E-state index in [1.54, 1.807) is 17.5 Å². The molecule has 0 bridgehead atoms. The van der Waals surface area contributed by atoms with Gasteiger partial charge in [0.05, 0.1) is 0 Å². The van der Waals surface area contributed by atoms with Crippen molar-refractivity contribution in [3.8, 4) is 5.75 Å². The standard InChI is InChI=1S/C10H8O2S/c1-6(11)7-2-3-10-8(4-7)9(12)5-13-10/h2-5,12H,1H3. The summed E-state index contributed by atoms with van der Waals surface area (Å²) in [5, 5.41) is 11.9. The fraction of sp³-hybridized carbons (Fsp3) is 0.100. The van der Waals surface area contributed by atoms with Crippen LogP contribution in [0.25, 0.3) is 10.1 Å². The molecule has 2 rings (SSSR count). The lowest BCUT2D eigenvalue weighted by atomic mass is 10.1. The fourth-order valence-electron chi connectivity index (χ4n) is 1.23. The van der Waals surface area contributed by atoms with Crippen molar-refractivity contribution in [1.82, 2.24) is 0 Å². The molecule has 1 heterocycles. The fourth-order valence-corrected chi connectivity index (χ4v) is 2.04. The first kappa shape index (κ1) is 8.26. The highest BCUT2D eigenvalue weighted by atomic mass is 32.1. The Morgan fingerprint density at radius 2 is 2.23 bits per heavy atom. The Morgan fingerprint density at radius 1 is 1.46 bits per heavy atom. The minimum Gasteiger partial charge on any atom is -0.506 e. The zero-order valence-corrected chi connectivity index (χ0v) is 7.89. The Balaban J connectivity index is 2.72. The lowest BCUT2D eigenvalue weighted by molar-refractivity contribution is 0.101. The van der Waals surface area contributed by atoms with Crippen LogP contribution in [0.1, 0.15) is 17.3 Å². The molecule has 66 valence electrons. The number of rotatable bonds is 1. The van der Waals surface area contributed by atoms with Crippen molar-refractivity contribution in [2.45, 2.75) is 6.92 Å². The van der Waals surface area contributed by atoms with E-state index in [4.69, 9.17) is 0 Å². The molecule has 13 heavy (non-hydrogen) atoms. The van der Waals surface area contributed by atoms with Gasteiger partial charge in [0, 0.05) is 21.0 Å². The molecular weight excluding hydrogens is 184 g/mol. The van der Waals surface area contributed by atoms with E-state index >= 15 is 0 Å². The van der Waals surface area contributed by atoms with E-state index in [9.17, 15) is 9.90 Å². The third kappa shape index (κ3) is 1.31. The van der Waals surface area contributed by atoms with Gasteiger partial charge in [-0.2, -0.15) is 0 Å². The second-order valence-corrected chi connectivity index (χ2v) is 3.80. The molecule has 1 aromatic carbocycles. The van der Waals surface area contributed by atoms with Gasteiger partial charge in [-0.1, -0.05) is 0 Å². The summed E-state index contributed by atoms with van der Waals surface area (Å²) in [6.07, 6.45) is 0. The molecule has 1 aromatic heterocycles. The predicted molar refractivity (Wildman–Crippen MR) is 53.5 cm³/mol. The summed E-state index contributed by atoms with van der Waals surface area (Å²) in [6, 6.07) is 5.36. The van der Waals surface area contributed by atoms with Crippen molar-refractivity contribution >= 4 is 27.2 Å². The first-order chi connectivity index (χ1) is 6.18. The highest BCUT2D eigenvalue weighted by Crippen LogP contribution is 2.31. The number of Topliss-reactive ketones (excluding diaryl/α,β-unsaturated/α-hetero) is 1. The maximum absolute atomic E-state index is 11.0. The summed E-state index contributed by atoms with van der Waals surface area (Å²) in [5.41, 5.74) is 0.640. The second-order valence-electron chi connectivity index (χ2n) is 2.89. The van der Waals surface area contributed by atoms with Gasteiger partial charge in [-0.3, -0.25) is 4.79 Å². The number of hydrogen-bond acceptors (Lipinski definition) is 3. The first-order valence-electron chi connectivity index (χ1n) is 3.89. The van der Waals surface area contributed by atoms with Gasteiger partial charge < -0.3 is 5.11 Å². The summed E-state index contributed by atoms with van der Waals surface area (Å²) in [5.74, 6) is 0.274. The number of thiophene rings is 1. The Morgan fingerprint density at radius 3 is 2.92 bits per heavy atom. The van der Waals surface area contributed by atoms with Gasteiger partial charge in [0.15, 0.2) is 5.78 Å². The van der Waals surface area contributed by atoms with Crippen LogP contribution in [0.4, 0.5) is 0 Å². The zero-order chi connectivity index (χ0) is 9.42. The Hall–Kier alpha value is -1.35. The minimum atomic E-state index is 0.0208. The highest BCUT2D eigenvalue weighted by molar-refractivity contribution is 7.17. The number of benzene rings is 1. The highest BCUT2D eigenvalue weighted by Gasteiger charge is 2.05. The molecule has 0 spiro atoms. The third-order valence-electron chi connectivity index (χ3n) is 1.96. The van der Waals surface area contributed by atoms with Crippen LogP contribution in [0.15, 0.2) is 23.6 Å². The van der Waals surface area contributed by atoms with Crippen LogP contribution in [0.5, 0.6) is 5.75 Å². The lowest BCUT2D eigenvalue weighted by Crippen LogP contribution is -1.89. The zero-order valence-electron chi connectivity index (χ0n) is 7.07. The molecule has 0 saturated carbocycles. The van der Waals surface area contributed by atoms with Crippen molar-refractivity contribution in [3.63, 3.8) is 0 Å². The summed E-state index contributed by atoms with van der Waals surface area (Å²) >= 11 is 1.47. The maximum atomic E-state index is 11.0. The molecule has 2 aromatic rings. The lowest BCUT2D eigenvalue weighted by Gasteiger charge is -1.95. The van der Waals surface area contributed by atoms with E-state index in [0.717, 1.165) is 10.1 Å². The van der Waals surface area contributed by atoms with Gasteiger partial charge in [0.25, 0.3) is 0 Å². The molecule has 3 heteroatoms. The van der Waals surface area contributed by atoms with Gasteiger partial charge in [0.2, 0.25) is 0 Å². The molecule has 0 radical (unpaired) electrons. The summed E-state index contributed by atoms with van der Waals surface area (Å²) in [7, 11) is 0. The van der Waals surface area contributed by atoms with E-state index < -0.39 is 0 Å². The quantitative estimate of drug-likeness (QED) is 0.705. The van der Waals surface area contributed by atoms with E-state index in [1.165, 1.54) is 18.3 Å². The molecule has 0 unspecified atom stereocenters.